The van der Waals surface area contributed by atoms with E-state index in [-0.39, 0.29) is 17.8 Å². The summed E-state index contributed by atoms with van der Waals surface area (Å²) >= 11 is 0. The van der Waals surface area contributed by atoms with Crippen LogP contribution in [0, 0.1) is 12.7 Å². The minimum absolute atomic E-state index is 0.140. The first-order valence-electron chi connectivity index (χ1n) is 8.17. The fourth-order valence-electron chi connectivity index (χ4n) is 2.70. The smallest absolute Gasteiger partial charge is 0.254 e. The minimum Gasteiger partial charge on any atom is -0.471 e. The van der Waals surface area contributed by atoms with Gasteiger partial charge in [0.05, 0.1) is 6.54 Å². The third-order valence-electron chi connectivity index (χ3n) is 4.22. The van der Waals surface area contributed by atoms with E-state index in [1.165, 1.54) is 6.07 Å². The number of hydrogen-bond donors (Lipinski definition) is 0. The van der Waals surface area contributed by atoms with Crippen molar-refractivity contribution in [1.82, 2.24) is 15.1 Å². The van der Waals surface area contributed by atoms with Crippen LogP contribution in [0.1, 0.15) is 22.3 Å². The summed E-state index contributed by atoms with van der Waals surface area (Å²) in [5.41, 5.74) is 0.887. The van der Waals surface area contributed by atoms with E-state index in [1.54, 1.807) is 30.0 Å². The Balaban J connectivity index is 1.61. The Morgan fingerprint density at radius 1 is 1.28 bits per heavy atom. The zero-order valence-corrected chi connectivity index (χ0v) is 14.6. The normalized spacial score (nSPS) is 16.8. The van der Waals surface area contributed by atoms with E-state index in [1.807, 2.05) is 25.1 Å². The molecule has 1 fully saturated rings. The number of aryl methyl sites for hydroxylation is 1. The van der Waals surface area contributed by atoms with Gasteiger partial charge in [-0.1, -0.05) is 6.07 Å². The van der Waals surface area contributed by atoms with Crippen LogP contribution in [-0.2, 0) is 0 Å². The fraction of sp³-hybridized carbons (Fsp3) is 0.389. The largest absolute Gasteiger partial charge is 0.471 e. The molecule has 2 aromatic rings. The molecule has 132 valence electrons. The number of carbonyl (C=O) groups is 1. The van der Waals surface area contributed by atoms with Crippen LogP contribution in [0.3, 0.4) is 0 Å². The quantitative estimate of drug-likeness (QED) is 0.852. The SMILES string of the molecule is Cc1ccc(C(=O)N2CCC(Oc3ccc(N(C)C)nn3)C2)cc1F. The Morgan fingerprint density at radius 3 is 2.72 bits per heavy atom. The maximum Gasteiger partial charge on any atom is 0.254 e. The van der Waals surface area contributed by atoms with E-state index in [2.05, 4.69) is 10.2 Å². The Bertz CT molecular complexity index is 764. The first-order valence-corrected chi connectivity index (χ1v) is 8.17. The maximum atomic E-state index is 13.7. The lowest BCUT2D eigenvalue weighted by atomic mass is 10.1. The van der Waals surface area contributed by atoms with Crippen molar-refractivity contribution in [2.75, 3.05) is 32.1 Å². The molecule has 0 N–H and O–H groups in total. The Morgan fingerprint density at radius 2 is 2.08 bits per heavy atom. The number of aromatic nitrogens is 2. The van der Waals surface area contributed by atoms with Crippen LogP contribution in [-0.4, -0.2) is 54.3 Å². The van der Waals surface area contributed by atoms with Gasteiger partial charge in [-0.05, 0) is 30.7 Å². The van der Waals surface area contributed by atoms with Crippen LogP contribution >= 0.6 is 0 Å². The molecule has 0 bridgehead atoms. The first kappa shape index (κ1) is 17.1. The van der Waals surface area contributed by atoms with Gasteiger partial charge in [0, 0.05) is 38.7 Å². The monoisotopic (exact) mass is 344 g/mol. The first-order chi connectivity index (χ1) is 11.9. The third-order valence-corrected chi connectivity index (χ3v) is 4.22. The fourth-order valence-corrected chi connectivity index (χ4v) is 2.70. The van der Waals surface area contributed by atoms with Crippen molar-refractivity contribution in [2.45, 2.75) is 19.4 Å². The van der Waals surface area contributed by atoms with E-state index in [0.29, 0.717) is 36.5 Å². The summed E-state index contributed by atoms with van der Waals surface area (Å²) in [7, 11) is 3.78. The molecular formula is C18H21FN4O2. The number of carbonyl (C=O) groups excluding carboxylic acids is 1. The van der Waals surface area contributed by atoms with Crippen LogP contribution < -0.4 is 9.64 Å². The summed E-state index contributed by atoms with van der Waals surface area (Å²) in [6, 6.07) is 8.16. The minimum atomic E-state index is -0.367. The predicted octanol–water partition coefficient (Wildman–Crippen LogP) is 2.28. The number of halogens is 1. The van der Waals surface area contributed by atoms with Crippen molar-refractivity contribution < 1.29 is 13.9 Å². The molecule has 1 aromatic heterocycles. The van der Waals surface area contributed by atoms with Crippen LogP contribution in [0.5, 0.6) is 5.88 Å². The maximum absolute atomic E-state index is 13.7. The molecular weight excluding hydrogens is 323 g/mol. The van der Waals surface area contributed by atoms with Crippen molar-refractivity contribution in [3.05, 3.63) is 47.3 Å². The number of ether oxygens (including phenoxy) is 1. The van der Waals surface area contributed by atoms with Crippen molar-refractivity contribution in [1.29, 1.82) is 0 Å². The average molecular weight is 344 g/mol. The second kappa shape index (κ2) is 7.04. The molecule has 7 heteroatoms. The molecule has 1 amide bonds. The molecule has 1 aliphatic heterocycles. The molecule has 1 saturated heterocycles. The zero-order chi connectivity index (χ0) is 18.0. The molecule has 1 atom stereocenters. The second-order valence-corrected chi connectivity index (χ2v) is 6.37. The highest BCUT2D eigenvalue weighted by molar-refractivity contribution is 5.94. The van der Waals surface area contributed by atoms with Crippen LogP contribution in [0.15, 0.2) is 30.3 Å². The lowest BCUT2D eigenvalue weighted by molar-refractivity contribution is 0.0770. The highest BCUT2D eigenvalue weighted by Gasteiger charge is 2.29. The van der Waals surface area contributed by atoms with Crippen molar-refractivity contribution in [2.24, 2.45) is 0 Å². The van der Waals surface area contributed by atoms with Gasteiger partial charge in [-0.2, -0.15) is 0 Å². The van der Waals surface area contributed by atoms with Gasteiger partial charge in [0.1, 0.15) is 11.9 Å². The van der Waals surface area contributed by atoms with E-state index < -0.39 is 0 Å². The molecule has 0 aliphatic carbocycles. The Labute approximate surface area is 146 Å². The highest BCUT2D eigenvalue weighted by Crippen LogP contribution is 2.20. The van der Waals surface area contributed by atoms with Gasteiger partial charge in [0.15, 0.2) is 5.82 Å². The summed E-state index contributed by atoms with van der Waals surface area (Å²) in [5, 5.41) is 8.11. The summed E-state index contributed by atoms with van der Waals surface area (Å²) in [4.78, 5) is 16.0. The number of likely N-dealkylation sites (tertiary alicyclic amines) is 1. The van der Waals surface area contributed by atoms with Gasteiger partial charge < -0.3 is 14.5 Å². The molecule has 6 nitrogen and oxygen atoms in total. The van der Waals surface area contributed by atoms with Gasteiger partial charge in [-0.3, -0.25) is 4.79 Å². The molecule has 0 radical (unpaired) electrons. The van der Waals surface area contributed by atoms with E-state index in [4.69, 9.17) is 4.74 Å². The Hall–Kier alpha value is -2.70. The predicted molar refractivity (Wildman–Crippen MR) is 92.4 cm³/mol. The lowest BCUT2D eigenvalue weighted by Crippen LogP contribution is -2.31. The number of nitrogens with zero attached hydrogens (tertiary/aromatic N) is 4. The number of anilines is 1. The summed E-state index contributed by atoms with van der Waals surface area (Å²) in [5.74, 6) is 0.636. The molecule has 0 saturated carbocycles. The van der Waals surface area contributed by atoms with Crippen molar-refractivity contribution >= 4 is 11.7 Å². The highest BCUT2D eigenvalue weighted by atomic mass is 19.1. The molecule has 25 heavy (non-hydrogen) atoms. The van der Waals surface area contributed by atoms with Crippen LogP contribution in [0.2, 0.25) is 0 Å². The van der Waals surface area contributed by atoms with Gasteiger partial charge in [0.25, 0.3) is 5.91 Å². The topological polar surface area (TPSA) is 58.6 Å². The summed E-state index contributed by atoms with van der Waals surface area (Å²) in [6.07, 6.45) is 0.566. The van der Waals surface area contributed by atoms with Gasteiger partial charge in [-0.15, -0.1) is 10.2 Å². The van der Waals surface area contributed by atoms with E-state index >= 15 is 0 Å². The van der Waals surface area contributed by atoms with Crippen LogP contribution in [0.4, 0.5) is 10.2 Å². The van der Waals surface area contributed by atoms with Crippen molar-refractivity contribution in [3.8, 4) is 5.88 Å². The number of amides is 1. The lowest BCUT2D eigenvalue weighted by Gasteiger charge is -2.17. The average Bonchev–Trinajstić information content (AvgIpc) is 3.05. The van der Waals surface area contributed by atoms with Crippen molar-refractivity contribution in [3.63, 3.8) is 0 Å². The molecule has 2 heterocycles. The van der Waals surface area contributed by atoms with Crippen LogP contribution in [0.25, 0.3) is 0 Å². The van der Waals surface area contributed by atoms with E-state index in [0.717, 1.165) is 5.82 Å². The third kappa shape index (κ3) is 3.87. The number of benzene rings is 1. The number of rotatable bonds is 4. The van der Waals surface area contributed by atoms with Gasteiger partial charge in [-0.25, -0.2) is 4.39 Å². The molecule has 1 aromatic carbocycles. The van der Waals surface area contributed by atoms with Gasteiger partial charge in [0.2, 0.25) is 5.88 Å². The zero-order valence-electron chi connectivity index (χ0n) is 14.6. The molecule has 0 spiro atoms. The number of hydrogen-bond acceptors (Lipinski definition) is 5. The summed E-state index contributed by atoms with van der Waals surface area (Å²) in [6.45, 7) is 2.69. The molecule has 3 rings (SSSR count). The molecule has 1 aliphatic rings. The Kier molecular flexibility index (Phi) is 4.83. The molecule has 1 unspecified atom stereocenters. The van der Waals surface area contributed by atoms with E-state index in [9.17, 15) is 9.18 Å². The second-order valence-electron chi connectivity index (χ2n) is 6.37. The van der Waals surface area contributed by atoms with Gasteiger partial charge >= 0.3 is 0 Å². The standard InChI is InChI=1S/C18H21FN4O2/c1-12-4-5-13(10-15(12)19)18(24)23-9-8-14(11-23)25-17-7-6-16(20-21-17)22(2)3/h4-7,10,14H,8-9,11H2,1-3H3. The summed E-state index contributed by atoms with van der Waals surface area (Å²) < 4.78 is 19.5.